The van der Waals surface area contributed by atoms with Crippen molar-refractivity contribution in [3.63, 3.8) is 0 Å². The van der Waals surface area contributed by atoms with Gasteiger partial charge in [-0.1, -0.05) is 6.92 Å². The average Bonchev–Trinajstić information content (AvgIpc) is 2.76. The van der Waals surface area contributed by atoms with Crippen LogP contribution in [0.4, 0.5) is 5.69 Å². The molecule has 2 aromatic rings. The quantitative estimate of drug-likeness (QED) is 0.895. The van der Waals surface area contributed by atoms with E-state index >= 15 is 0 Å². The minimum absolute atomic E-state index is 0.343. The first-order valence-electron chi connectivity index (χ1n) is 6.38. The van der Waals surface area contributed by atoms with E-state index in [0.717, 1.165) is 16.7 Å². The maximum Gasteiger partial charge on any atom is 0.308 e. The molecule has 0 aliphatic carbocycles. The molecule has 0 bridgehead atoms. The smallest absolute Gasteiger partial charge is 0.308 e. The maximum absolute atomic E-state index is 11.1. The number of carbonyl (C=O) groups is 1. The molecule has 1 unspecified atom stereocenters. The van der Waals surface area contributed by atoms with Crippen LogP contribution in [0.3, 0.4) is 0 Å². The van der Waals surface area contributed by atoms with Gasteiger partial charge in [0.05, 0.1) is 23.3 Å². The van der Waals surface area contributed by atoms with Crippen molar-refractivity contribution in [2.24, 2.45) is 13.0 Å². The number of fused-ring (bicyclic) bond motifs is 1. The Morgan fingerprint density at radius 2 is 2.26 bits per heavy atom. The predicted octanol–water partition coefficient (Wildman–Crippen LogP) is 2.12. The van der Waals surface area contributed by atoms with Crippen LogP contribution in [0.5, 0.6) is 0 Å². The molecule has 5 nitrogen and oxygen atoms in total. The molecule has 19 heavy (non-hydrogen) atoms. The number of aromatic nitrogens is 2. The van der Waals surface area contributed by atoms with Crippen LogP contribution < -0.4 is 4.90 Å². The van der Waals surface area contributed by atoms with Crippen molar-refractivity contribution in [1.29, 1.82) is 0 Å². The molecule has 102 valence electrons. The first kappa shape index (κ1) is 13.4. The number of hydrogen-bond donors (Lipinski definition) is 1. The number of hydrogen-bond acceptors (Lipinski definition) is 3. The molecule has 5 heteroatoms. The van der Waals surface area contributed by atoms with Gasteiger partial charge in [0.2, 0.25) is 0 Å². The molecular formula is C14H19N3O2. The second kappa shape index (κ2) is 5.30. The van der Waals surface area contributed by atoms with Gasteiger partial charge in [-0.15, -0.1) is 0 Å². The van der Waals surface area contributed by atoms with Gasteiger partial charge in [-0.2, -0.15) is 0 Å². The summed E-state index contributed by atoms with van der Waals surface area (Å²) < 4.78 is 1.96. The van der Waals surface area contributed by atoms with Gasteiger partial charge in [-0.3, -0.25) is 4.79 Å². The Balaban J connectivity index is 2.21. The number of benzene rings is 1. The summed E-state index contributed by atoms with van der Waals surface area (Å²) in [7, 11) is 3.87. The molecule has 0 saturated carbocycles. The third-order valence-electron chi connectivity index (χ3n) is 3.49. The van der Waals surface area contributed by atoms with Crippen LogP contribution in [0.1, 0.15) is 13.3 Å². The highest BCUT2D eigenvalue weighted by atomic mass is 16.4. The zero-order valence-corrected chi connectivity index (χ0v) is 11.5. The molecule has 0 fully saturated rings. The third-order valence-corrected chi connectivity index (χ3v) is 3.49. The minimum atomic E-state index is -0.742. The zero-order valence-electron chi connectivity index (χ0n) is 11.5. The van der Waals surface area contributed by atoms with Crippen LogP contribution in [0, 0.1) is 5.92 Å². The topological polar surface area (TPSA) is 58.4 Å². The van der Waals surface area contributed by atoms with Crippen molar-refractivity contribution in [1.82, 2.24) is 9.55 Å². The van der Waals surface area contributed by atoms with Gasteiger partial charge >= 0.3 is 5.97 Å². The van der Waals surface area contributed by atoms with E-state index in [1.807, 2.05) is 48.7 Å². The molecule has 0 amide bonds. The van der Waals surface area contributed by atoms with Crippen molar-refractivity contribution in [2.45, 2.75) is 13.3 Å². The molecule has 1 aromatic carbocycles. The standard InChI is InChI=1S/C14H19N3O2/c1-4-10(14(18)19)8-16(2)11-5-6-13-12(7-11)15-9-17(13)3/h5-7,9-10H,4,8H2,1-3H3,(H,18,19). The van der Waals surface area contributed by atoms with Crippen molar-refractivity contribution < 1.29 is 9.90 Å². The summed E-state index contributed by atoms with van der Waals surface area (Å²) in [4.78, 5) is 17.4. The van der Waals surface area contributed by atoms with Gasteiger partial charge in [-0.25, -0.2) is 4.98 Å². The fourth-order valence-electron chi connectivity index (χ4n) is 2.18. The summed E-state index contributed by atoms with van der Waals surface area (Å²) in [5.74, 6) is -1.09. The van der Waals surface area contributed by atoms with E-state index in [9.17, 15) is 4.79 Å². The zero-order chi connectivity index (χ0) is 14.0. The Morgan fingerprint density at radius 1 is 1.53 bits per heavy atom. The lowest BCUT2D eigenvalue weighted by atomic mass is 10.1. The Bertz CT molecular complexity index is 591. The minimum Gasteiger partial charge on any atom is -0.481 e. The van der Waals surface area contributed by atoms with Crippen molar-refractivity contribution >= 4 is 22.7 Å². The van der Waals surface area contributed by atoms with E-state index in [4.69, 9.17) is 5.11 Å². The van der Waals surface area contributed by atoms with Gasteiger partial charge in [0.25, 0.3) is 0 Å². The highest BCUT2D eigenvalue weighted by molar-refractivity contribution is 5.80. The van der Waals surface area contributed by atoms with Crippen LogP contribution in [-0.4, -0.2) is 34.2 Å². The van der Waals surface area contributed by atoms with E-state index in [1.165, 1.54) is 0 Å². The number of aliphatic carboxylic acids is 1. The summed E-state index contributed by atoms with van der Waals surface area (Å²) >= 11 is 0. The van der Waals surface area contributed by atoms with Gasteiger partial charge < -0.3 is 14.6 Å². The molecule has 0 aliphatic heterocycles. The molecule has 1 aromatic heterocycles. The fraction of sp³-hybridized carbons (Fsp3) is 0.429. The number of imidazole rings is 1. The van der Waals surface area contributed by atoms with Gasteiger partial charge in [0.15, 0.2) is 0 Å². The number of carboxylic acids is 1. The average molecular weight is 261 g/mol. The number of carboxylic acid groups (broad SMARTS) is 1. The Labute approximate surface area is 112 Å². The SMILES string of the molecule is CCC(CN(C)c1ccc2c(c1)ncn2C)C(=O)O. The van der Waals surface area contributed by atoms with E-state index in [-0.39, 0.29) is 5.92 Å². The molecule has 1 N–H and O–H groups in total. The molecule has 0 saturated heterocycles. The Kier molecular flexibility index (Phi) is 3.74. The molecule has 2 rings (SSSR count). The largest absolute Gasteiger partial charge is 0.481 e. The van der Waals surface area contributed by atoms with E-state index in [2.05, 4.69) is 4.98 Å². The van der Waals surface area contributed by atoms with Crippen LogP contribution >= 0.6 is 0 Å². The number of aryl methyl sites for hydroxylation is 1. The lowest BCUT2D eigenvalue weighted by Crippen LogP contribution is -2.29. The summed E-state index contributed by atoms with van der Waals surface area (Å²) in [6, 6.07) is 6.00. The summed E-state index contributed by atoms with van der Waals surface area (Å²) in [6.45, 7) is 2.40. The van der Waals surface area contributed by atoms with Crippen LogP contribution in [-0.2, 0) is 11.8 Å². The normalized spacial score (nSPS) is 12.6. The third kappa shape index (κ3) is 2.70. The van der Waals surface area contributed by atoms with Crippen molar-refractivity contribution in [3.8, 4) is 0 Å². The molecule has 1 atom stereocenters. The first-order chi connectivity index (χ1) is 9.02. The van der Waals surface area contributed by atoms with E-state index in [1.54, 1.807) is 6.33 Å². The highest BCUT2D eigenvalue weighted by Crippen LogP contribution is 2.21. The Morgan fingerprint density at radius 3 is 2.89 bits per heavy atom. The van der Waals surface area contributed by atoms with E-state index in [0.29, 0.717) is 13.0 Å². The lowest BCUT2D eigenvalue weighted by Gasteiger charge is -2.22. The van der Waals surface area contributed by atoms with Crippen LogP contribution in [0.25, 0.3) is 11.0 Å². The first-order valence-corrected chi connectivity index (χ1v) is 6.38. The second-order valence-electron chi connectivity index (χ2n) is 4.85. The van der Waals surface area contributed by atoms with E-state index < -0.39 is 5.97 Å². The molecule has 0 aliphatic rings. The summed E-state index contributed by atoms with van der Waals surface area (Å²) in [6.07, 6.45) is 2.41. The number of nitrogens with zero attached hydrogens (tertiary/aromatic N) is 3. The van der Waals surface area contributed by atoms with Gasteiger partial charge in [0.1, 0.15) is 0 Å². The monoisotopic (exact) mass is 261 g/mol. The second-order valence-corrected chi connectivity index (χ2v) is 4.85. The maximum atomic E-state index is 11.1. The molecule has 0 spiro atoms. The summed E-state index contributed by atoms with van der Waals surface area (Å²) in [5.41, 5.74) is 2.99. The van der Waals surface area contributed by atoms with Gasteiger partial charge in [0, 0.05) is 26.3 Å². The number of rotatable bonds is 5. The van der Waals surface area contributed by atoms with Crippen molar-refractivity contribution in [2.75, 3.05) is 18.5 Å². The molecular weight excluding hydrogens is 242 g/mol. The predicted molar refractivity (Wildman–Crippen MR) is 75.4 cm³/mol. The van der Waals surface area contributed by atoms with Crippen LogP contribution in [0.2, 0.25) is 0 Å². The Hall–Kier alpha value is -2.04. The van der Waals surface area contributed by atoms with Crippen molar-refractivity contribution in [3.05, 3.63) is 24.5 Å². The summed E-state index contributed by atoms with van der Waals surface area (Å²) in [5, 5.41) is 9.10. The highest BCUT2D eigenvalue weighted by Gasteiger charge is 2.17. The van der Waals surface area contributed by atoms with Gasteiger partial charge in [-0.05, 0) is 24.6 Å². The molecule has 0 radical (unpaired) electrons. The molecule has 1 heterocycles. The lowest BCUT2D eigenvalue weighted by molar-refractivity contribution is -0.141. The fourth-order valence-corrected chi connectivity index (χ4v) is 2.18. The number of anilines is 1. The van der Waals surface area contributed by atoms with Crippen LogP contribution in [0.15, 0.2) is 24.5 Å².